The van der Waals surface area contributed by atoms with E-state index in [9.17, 15) is 22.8 Å². The van der Waals surface area contributed by atoms with E-state index in [4.69, 9.17) is 5.11 Å². The number of carboxylic acid groups (broad SMARTS) is 1. The van der Waals surface area contributed by atoms with E-state index in [-0.39, 0.29) is 30.9 Å². The number of halogens is 3. The van der Waals surface area contributed by atoms with E-state index >= 15 is 0 Å². The zero-order valence-corrected chi connectivity index (χ0v) is 14.2. The molecular formula is C18H22F3NO4. The highest BCUT2D eigenvalue weighted by Crippen LogP contribution is 2.29. The molecule has 2 rings (SSSR count). The van der Waals surface area contributed by atoms with E-state index in [0.717, 1.165) is 5.56 Å². The quantitative estimate of drug-likeness (QED) is 0.769. The molecule has 0 aliphatic heterocycles. The average Bonchev–Trinajstić information content (AvgIpc) is 2.59. The average molecular weight is 373 g/mol. The Balaban J connectivity index is 1.77. The van der Waals surface area contributed by atoms with Crippen molar-refractivity contribution >= 4 is 11.9 Å². The summed E-state index contributed by atoms with van der Waals surface area (Å²) in [6.07, 6.45) is -2.26. The Morgan fingerprint density at radius 1 is 1.12 bits per heavy atom. The van der Waals surface area contributed by atoms with E-state index in [1.165, 1.54) is 0 Å². The molecule has 5 nitrogen and oxygen atoms in total. The summed E-state index contributed by atoms with van der Waals surface area (Å²) in [6.45, 7) is -1.18. The van der Waals surface area contributed by atoms with Crippen LogP contribution in [0, 0.1) is 11.8 Å². The topological polar surface area (TPSA) is 75.6 Å². The molecule has 1 aliphatic carbocycles. The van der Waals surface area contributed by atoms with Crippen LogP contribution in [0.3, 0.4) is 0 Å². The third kappa shape index (κ3) is 6.67. The molecule has 1 saturated carbocycles. The summed E-state index contributed by atoms with van der Waals surface area (Å²) in [7, 11) is 0. The van der Waals surface area contributed by atoms with Gasteiger partial charge in [0.25, 0.3) is 0 Å². The van der Waals surface area contributed by atoms with Crippen LogP contribution in [0.4, 0.5) is 13.2 Å². The predicted molar refractivity (Wildman–Crippen MR) is 87.1 cm³/mol. The fraction of sp³-hybridized carbons (Fsp3) is 0.556. The molecule has 1 aromatic rings. The fourth-order valence-corrected chi connectivity index (χ4v) is 3.05. The van der Waals surface area contributed by atoms with Gasteiger partial charge in [0.05, 0.1) is 12.5 Å². The summed E-state index contributed by atoms with van der Waals surface area (Å²) in [5.74, 6) is -1.49. The van der Waals surface area contributed by atoms with Crippen molar-refractivity contribution in [2.24, 2.45) is 11.8 Å². The lowest BCUT2D eigenvalue weighted by atomic mass is 9.81. The van der Waals surface area contributed by atoms with Gasteiger partial charge in [-0.05, 0) is 36.8 Å². The van der Waals surface area contributed by atoms with E-state index in [0.29, 0.717) is 31.2 Å². The lowest BCUT2D eigenvalue weighted by Crippen LogP contribution is -2.34. The molecule has 0 heterocycles. The van der Waals surface area contributed by atoms with Crippen LogP contribution in [0.25, 0.3) is 0 Å². The summed E-state index contributed by atoms with van der Waals surface area (Å²) in [5, 5.41) is 11.8. The summed E-state index contributed by atoms with van der Waals surface area (Å²) in [4.78, 5) is 23.1. The Bertz CT molecular complexity index is 625. The number of carboxylic acids is 1. The number of rotatable bonds is 7. The lowest BCUT2D eigenvalue weighted by Gasteiger charge is -2.25. The molecular weight excluding hydrogens is 351 g/mol. The SMILES string of the molecule is O=C(O)C1CCC(C(=O)NCc2cccc(COCC(F)(F)F)c2)CC1. The molecule has 0 aromatic heterocycles. The van der Waals surface area contributed by atoms with Gasteiger partial charge < -0.3 is 15.2 Å². The number of aliphatic carboxylic acids is 1. The molecule has 0 bridgehead atoms. The van der Waals surface area contributed by atoms with Gasteiger partial charge in [0.2, 0.25) is 5.91 Å². The van der Waals surface area contributed by atoms with Crippen LogP contribution in [0.15, 0.2) is 24.3 Å². The molecule has 0 radical (unpaired) electrons. The van der Waals surface area contributed by atoms with Crippen molar-refractivity contribution in [1.82, 2.24) is 5.32 Å². The van der Waals surface area contributed by atoms with E-state index in [1.807, 2.05) is 0 Å². The third-order valence-electron chi connectivity index (χ3n) is 4.44. The number of ether oxygens (including phenoxy) is 1. The molecule has 0 saturated heterocycles. The van der Waals surface area contributed by atoms with Crippen LogP contribution in [0.5, 0.6) is 0 Å². The Hall–Kier alpha value is -2.09. The van der Waals surface area contributed by atoms with Crippen molar-refractivity contribution in [2.45, 2.75) is 45.0 Å². The van der Waals surface area contributed by atoms with Crippen molar-refractivity contribution in [1.29, 1.82) is 0 Å². The molecule has 1 aromatic carbocycles. The van der Waals surface area contributed by atoms with Crippen molar-refractivity contribution in [3.63, 3.8) is 0 Å². The molecule has 8 heteroatoms. The first-order valence-corrected chi connectivity index (χ1v) is 8.47. The van der Waals surface area contributed by atoms with Gasteiger partial charge in [-0.2, -0.15) is 13.2 Å². The normalized spacial score (nSPS) is 20.6. The molecule has 26 heavy (non-hydrogen) atoms. The minimum Gasteiger partial charge on any atom is -0.481 e. The van der Waals surface area contributed by atoms with Gasteiger partial charge in [-0.3, -0.25) is 9.59 Å². The second kappa shape index (κ2) is 9.02. The lowest BCUT2D eigenvalue weighted by molar-refractivity contribution is -0.176. The molecule has 0 spiro atoms. The smallest absolute Gasteiger partial charge is 0.411 e. The molecule has 1 aliphatic rings. The first kappa shape index (κ1) is 20.2. The monoisotopic (exact) mass is 373 g/mol. The fourth-order valence-electron chi connectivity index (χ4n) is 3.05. The zero-order valence-electron chi connectivity index (χ0n) is 14.2. The van der Waals surface area contributed by atoms with Crippen LogP contribution in [0.1, 0.15) is 36.8 Å². The van der Waals surface area contributed by atoms with Gasteiger partial charge >= 0.3 is 12.1 Å². The van der Waals surface area contributed by atoms with Crippen LogP contribution < -0.4 is 5.32 Å². The number of carbonyl (C=O) groups excluding carboxylic acids is 1. The molecule has 2 N–H and O–H groups in total. The zero-order chi connectivity index (χ0) is 19.2. The minimum absolute atomic E-state index is 0.118. The number of hydrogen-bond donors (Lipinski definition) is 2. The Kier molecular flexibility index (Phi) is 7.02. The standard InChI is InChI=1S/C18H22F3NO4/c19-18(20,21)11-26-10-13-3-1-2-12(8-13)9-22-16(23)14-4-6-15(7-5-14)17(24)25/h1-3,8,14-15H,4-7,9-11H2,(H,22,23)(H,24,25). The van der Waals surface area contributed by atoms with Gasteiger partial charge in [-0.25, -0.2) is 0 Å². The summed E-state index contributed by atoms with van der Waals surface area (Å²) in [5.41, 5.74) is 1.37. The Morgan fingerprint density at radius 2 is 1.73 bits per heavy atom. The Morgan fingerprint density at radius 3 is 2.35 bits per heavy atom. The molecule has 1 fully saturated rings. The predicted octanol–water partition coefficient (Wildman–Crippen LogP) is 3.27. The highest BCUT2D eigenvalue weighted by atomic mass is 19.4. The maximum Gasteiger partial charge on any atom is 0.411 e. The molecule has 0 atom stereocenters. The minimum atomic E-state index is -4.36. The Labute approximate surface area is 149 Å². The number of benzene rings is 1. The van der Waals surface area contributed by atoms with E-state index in [1.54, 1.807) is 24.3 Å². The van der Waals surface area contributed by atoms with Gasteiger partial charge in [-0.15, -0.1) is 0 Å². The first-order valence-electron chi connectivity index (χ1n) is 8.47. The maximum absolute atomic E-state index is 12.2. The molecule has 0 unspecified atom stereocenters. The van der Waals surface area contributed by atoms with Crippen molar-refractivity contribution in [3.05, 3.63) is 35.4 Å². The number of alkyl halides is 3. The van der Waals surface area contributed by atoms with Crippen molar-refractivity contribution < 1.29 is 32.6 Å². The van der Waals surface area contributed by atoms with E-state index in [2.05, 4.69) is 10.1 Å². The summed E-state index contributed by atoms with van der Waals surface area (Å²) < 4.78 is 40.9. The van der Waals surface area contributed by atoms with Crippen molar-refractivity contribution in [2.75, 3.05) is 6.61 Å². The van der Waals surface area contributed by atoms with Crippen LogP contribution >= 0.6 is 0 Å². The highest BCUT2D eigenvalue weighted by Gasteiger charge is 2.29. The highest BCUT2D eigenvalue weighted by molar-refractivity contribution is 5.79. The number of nitrogens with one attached hydrogen (secondary N) is 1. The van der Waals surface area contributed by atoms with Crippen LogP contribution in [-0.2, 0) is 27.5 Å². The number of amides is 1. The van der Waals surface area contributed by atoms with E-state index < -0.39 is 18.8 Å². The third-order valence-corrected chi connectivity index (χ3v) is 4.44. The van der Waals surface area contributed by atoms with Crippen molar-refractivity contribution in [3.8, 4) is 0 Å². The van der Waals surface area contributed by atoms with Gasteiger partial charge in [0.1, 0.15) is 6.61 Å². The summed E-state index contributed by atoms with van der Waals surface area (Å²) >= 11 is 0. The maximum atomic E-state index is 12.2. The van der Waals surface area contributed by atoms with Crippen LogP contribution in [0.2, 0.25) is 0 Å². The van der Waals surface area contributed by atoms with Gasteiger partial charge in [0.15, 0.2) is 0 Å². The largest absolute Gasteiger partial charge is 0.481 e. The number of carbonyl (C=O) groups is 2. The second-order valence-corrected chi connectivity index (χ2v) is 6.53. The number of hydrogen-bond acceptors (Lipinski definition) is 3. The first-order chi connectivity index (χ1) is 12.2. The molecule has 144 valence electrons. The summed E-state index contributed by atoms with van der Waals surface area (Å²) in [6, 6.07) is 6.83. The van der Waals surface area contributed by atoms with Gasteiger partial charge in [-0.1, -0.05) is 24.3 Å². The molecule has 1 amide bonds. The van der Waals surface area contributed by atoms with Crippen LogP contribution in [-0.4, -0.2) is 29.8 Å². The second-order valence-electron chi connectivity index (χ2n) is 6.53. The van der Waals surface area contributed by atoms with Gasteiger partial charge in [0, 0.05) is 12.5 Å².